The fourth-order valence-electron chi connectivity index (χ4n) is 1.88. The van der Waals surface area contributed by atoms with Crippen LogP contribution in [0.2, 0.25) is 0 Å². The van der Waals surface area contributed by atoms with Crippen molar-refractivity contribution in [3.8, 4) is 16.9 Å². The molecule has 0 aliphatic heterocycles. The Morgan fingerprint density at radius 1 is 1.41 bits per heavy atom. The van der Waals surface area contributed by atoms with Gasteiger partial charge in [0, 0.05) is 5.56 Å². The number of hydrogen-bond donors (Lipinski definition) is 1. The molecule has 0 saturated heterocycles. The van der Waals surface area contributed by atoms with Crippen molar-refractivity contribution >= 4 is 5.88 Å². The second kappa shape index (κ2) is 4.49. The van der Waals surface area contributed by atoms with E-state index < -0.39 is 0 Å². The molecular weight excluding hydrogens is 216 g/mol. The molecule has 0 fully saturated rings. The molecule has 0 aliphatic carbocycles. The lowest BCUT2D eigenvalue weighted by atomic mass is 10.0. The predicted octanol–water partition coefficient (Wildman–Crippen LogP) is 2.80. The van der Waals surface area contributed by atoms with Crippen LogP contribution >= 0.6 is 0 Å². The lowest BCUT2D eigenvalue weighted by Crippen LogP contribution is -1.94. The number of nitrogens with two attached hydrogens (primary N) is 1. The van der Waals surface area contributed by atoms with Gasteiger partial charge in [0.1, 0.15) is 5.75 Å². The van der Waals surface area contributed by atoms with Gasteiger partial charge in [-0.3, -0.25) is 0 Å². The standard InChI is InChI=1S/C13H16N2O2/c1-4-10-12(13(14)17-15-10)9-7-8(2)5-6-11(9)16-3/h5-7H,4,14H2,1-3H3. The number of nitrogen functional groups attached to an aromatic ring is 1. The van der Waals surface area contributed by atoms with Crippen LogP contribution in [0.3, 0.4) is 0 Å². The van der Waals surface area contributed by atoms with E-state index in [4.69, 9.17) is 15.0 Å². The van der Waals surface area contributed by atoms with Gasteiger partial charge in [-0.05, 0) is 25.5 Å². The molecule has 1 aromatic heterocycles. The Balaban J connectivity index is 2.66. The second-order valence-corrected chi connectivity index (χ2v) is 3.93. The summed E-state index contributed by atoms with van der Waals surface area (Å²) in [6, 6.07) is 5.95. The topological polar surface area (TPSA) is 61.3 Å². The SMILES string of the molecule is CCc1noc(N)c1-c1cc(C)ccc1OC. The van der Waals surface area contributed by atoms with Gasteiger partial charge in [0.25, 0.3) is 0 Å². The highest BCUT2D eigenvalue weighted by Gasteiger charge is 2.18. The monoisotopic (exact) mass is 232 g/mol. The van der Waals surface area contributed by atoms with Crippen LogP contribution in [0.1, 0.15) is 18.2 Å². The summed E-state index contributed by atoms with van der Waals surface area (Å²) in [6.07, 6.45) is 0.771. The van der Waals surface area contributed by atoms with E-state index in [9.17, 15) is 0 Å². The van der Waals surface area contributed by atoms with Crippen molar-refractivity contribution in [2.45, 2.75) is 20.3 Å². The first-order valence-corrected chi connectivity index (χ1v) is 5.56. The van der Waals surface area contributed by atoms with Gasteiger partial charge in [-0.2, -0.15) is 0 Å². The predicted molar refractivity (Wildman–Crippen MR) is 67.0 cm³/mol. The van der Waals surface area contributed by atoms with Gasteiger partial charge < -0.3 is 15.0 Å². The van der Waals surface area contributed by atoms with Crippen molar-refractivity contribution < 1.29 is 9.26 Å². The van der Waals surface area contributed by atoms with E-state index in [1.807, 2.05) is 32.0 Å². The minimum atomic E-state index is 0.339. The van der Waals surface area contributed by atoms with E-state index >= 15 is 0 Å². The molecule has 0 radical (unpaired) electrons. The molecule has 0 amide bonds. The molecule has 0 spiro atoms. The Kier molecular flexibility index (Phi) is 3.04. The van der Waals surface area contributed by atoms with Crippen molar-refractivity contribution in [3.63, 3.8) is 0 Å². The van der Waals surface area contributed by atoms with Gasteiger partial charge in [-0.1, -0.05) is 23.7 Å². The Bertz CT molecular complexity index is 532. The van der Waals surface area contributed by atoms with E-state index in [1.54, 1.807) is 7.11 Å². The molecule has 90 valence electrons. The average Bonchev–Trinajstić information content (AvgIpc) is 2.70. The first-order valence-electron chi connectivity index (χ1n) is 5.56. The van der Waals surface area contributed by atoms with Gasteiger partial charge in [-0.15, -0.1) is 0 Å². The van der Waals surface area contributed by atoms with E-state index in [-0.39, 0.29) is 0 Å². The number of aryl methyl sites for hydroxylation is 2. The summed E-state index contributed by atoms with van der Waals surface area (Å²) in [6.45, 7) is 4.04. The van der Waals surface area contributed by atoms with E-state index in [2.05, 4.69) is 5.16 Å². The molecule has 0 aliphatic rings. The number of nitrogens with zero attached hydrogens (tertiary/aromatic N) is 1. The van der Waals surface area contributed by atoms with Crippen molar-refractivity contribution in [2.24, 2.45) is 0 Å². The highest BCUT2D eigenvalue weighted by atomic mass is 16.5. The minimum absolute atomic E-state index is 0.339. The average molecular weight is 232 g/mol. The fraction of sp³-hybridized carbons (Fsp3) is 0.308. The molecule has 1 aromatic carbocycles. The maximum atomic E-state index is 5.84. The Hall–Kier alpha value is -1.97. The summed E-state index contributed by atoms with van der Waals surface area (Å²) in [5, 5.41) is 3.96. The normalized spacial score (nSPS) is 10.5. The zero-order valence-corrected chi connectivity index (χ0v) is 10.3. The number of anilines is 1. The summed E-state index contributed by atoms with van der Waals surface area (Å²) < 4.78 is 10.4. The van der Waals surface area contributed by atoms with Gasteiger partial charge in [-0.25, -0.2) is 0 Å². The highest BCUT2D eigenvalue weighted by molar-refractivity contribution is 5.80. The molecule has 4 nitrogen and oxygen atoms in total. The fourth-order valence-corrected chi connectivity index (χ4v) is 1.88. The maximum Gasteiger partial charge on any atom is 0.230 e. The van der Waals surface area contributed by atoms with Crippen molar-refractivity contribution in [2.75, 3.05) is 12.8 Å². The number of benzene rings is 1. The number of hydrogen-bond acceptors (Lipinski definition) is 4. The Morgan fingerprint density at radius 3 is 2.82 bits per heavy atom. The summed E-state index contributed by atoms with van der Waals surface area (Å²) in [7, 11) is 1.64. The molecule has 0 atom stereocenters. The largest absolute Gasteiger partial charge is 0.496 e. The zero-order chi connectivity index (χ0) is 12.4. The number of aromatic nitrogens is 1. The third-order valence-electron chi connectivity index (χ3n) is 2.75. The number of rotatable bonds is 3. The van der Waals surface area contributed by atoms with Crippen LogP contribution in [0.15, 0.2) is 22.7 Å². The third kappa shape index (κ3) is 1.98. The zero-order valence-electron chi connectivity index (χ0n) is 10.3. The molecule has 2 aromatic rings. The number of methoxy groups -OCH3 is 1. The molecule has 2 N–H and O–H groups in total. The minimum Gasteiger partial charge on any atom is -0.496 e. The van der Waals surface area contributed by atoms with Crippen molar-refractivity contribution in [3.05, 3.63) is 29.5 Å². The van der Waals surface area contributed by atoms with E-state index in [1.165, 1.54) is 0 Å². The molecule has 17 heavy (non-hydrogen) atoms. The quantitative estimate of drug-likeness (QED) is 0.883. The van der Waals surface area contributed by atoms with Crippen LogP contribution in [0.5, 0.6) is 5.75 Å². The highest BCUT2D eigenvalue weighted by Crippen LogP contribution is 2.37. The summed E-state index contributed by atoms with van der Waals surface area (Å²) >= 11 is 0. The van der Waals surface area contributed by atoms with Gasteiger partial charge in [0.05, 0.1) is 18.4 Å². The molecule has 0 saturated carbocycles. The molecule has 0 bridgehead atoms. The van der Waals surface area contributed by atoms with E-state index in [0.717, 1.165) is 34.6 Å². The molecular formula is C13H16N2O2. The Morgan fingerprint density at radius 2 is 2.18 bits per heavy atom. The molecule has 0 unspecified atom stereocenters. The second-order valence-electron chi connectivity index (χ2n) is 3.93. The van der Waals surface area contributed by atoms with Crippen molar-refractivity contribution in [1.29, 1.82) is 0 Å². The smallest absolute Gasteiger partial charge is 0.230 e. The summed E-state index contributed by atoms with van der Waals surface area (Å²) in [4.78, 5) is 0. The van der Waals surface area contributed by atoms with Gasteiger partial charge in [0.2, 0.25) is 5.88 Å². The first-order chi connectivity index (χ1) is 8.17. The lowest BCUT2D eigenvalue weighted by molar-refractivity contribution is 0.416. The summed E-state index contributed by atoms with van der Waals surface area (Å²) in [5.74, 6) is 1.12. The van der Waals surface area contributed by atoms with Gasteiger partial charge >= 0.3 is 0 Å². The van der Waals surface area contributed by atoms with Crippen LogP contribution in [0, 0.1) is 6.92 Å². The van der Waals surface area contributed by atoms with Crippen molar-refractivity contribution in [1.82, 2.24) is 5.16 Å². The molecule has 2 rings (SSSR count). The van der Waals surface area contributed by atoms with Crippen LogP contribution in [-0.2, 0) is 6.42 Å². The summed E-state index contributed by atoms with van der Waals surface area (Å²) in [5.41, 5.74) is 9.61. The third-order valence-corrected chi connectivity index (χ3v) is 2.75. The Labute approximate surface area is 100 Å². The maximum absolute atomic E-state index is 5.84. The first kappa shape index (κ1) is 11.5. The molecule has 4 heteroatoms. The van der Waals surface area contributed by atoms with Crippen LogP contribution in [0.25, 0.3) is 11.1 Å². The van der Waals surface area contributed by atoms with Crippen LogP contribution < -0.4 is 10.5 Å². The van der Waals surface area contributed by atoms with Crippen LogP contribution in [-0.4, -0.2) is 12.3 Å². The van der Waals surface area contributed by atoms with Crippen LogP contribution in [0.4, 0.5) is 5.88 Å². The number of ether oxygens (including phenoxy) is 1. The lowest BCUT2D eigenvalue weighted by Gasteiger charge is -2.09. The van der Waals surface area contributed by atoms with Gasteiger partial charge in [0.15, 0.2) is 0 Å². The molecule has 1 heterocycles. The van der Waals surface area contributed by atoms with E-state index in [0.29, 0.717) is 5.88 Å².